The summed E-state index contributed by atoms with van der Waals surface area (Å²) in [6.45, 7) is 0. The average Bonchev–Trinajstić information content (AvgIpc) is 2.60. The fourth-order valence-electron chi connectivity index (χ4n) is 1.88. The fourth-order valence-corrected chi connectivity index (χ4v) is 2.34. The number of aromatic nitrogens is 1. The molecule has 2 nitrogen and oxygen atoms in total. The van der Waals surface area contributed by atoms with Gasteiger partial charge in [-0.15, -0.1) is 0 Å². The third-order valence-electron chi connectivity index (χ3n) is 2.70. The highest BCUT2D eigenvalue weighted by molar-refractivity contribution is 6.33. The fraction of sp³-hybridized carbons (Fsp3) is 0.0769. The summed E-state index contributed by atoms with van der Waals surface area (Å²) < 4.78 is 39.5. The Hall–Kier alpha value is -1.64. The number of nitriles is 1. The van der Waals surface area contributed by atoms with E-state index in [4.69, 9.17) is 28.5 Å². The Morgan fingerprint density at radius 2 is 1.70 bits per heavy atom. The molecule has 0 amide bonds. The molecule has 103 valence electrons. The van der Waals surface area contributed by atoms with Crippen molar-refractivity contribution in [3.63, 3.8) is 0 Å². The van der Waals surface area contributed by atoms with Gasteiger partial charge in [0.25, 0.3) is 0 Å². The SMILES string of the molecule is [CH2]n1c(-c2ccc(Cl)cc2)c(C#N)c(Cl)c1C(F)(F)F. The van der Waals surface area contributed by atoms with Crippen molar-refractivity contribution in [3.8, 4) is 17.3 Å². The van der Waals surface area contributed by atoms with Crippen LogP contribution in [0.2, 0.25) is 10.0 Å². The molecule has 1 radical (unpaired) electrons. The molecule has 2 rings (SSSR count). The van der Waals surface area contributed by atoms with Crippen LogP contribution < -0.4 is 0 Å². The standard InChI is InChI=1S/C13H6Cl2F3N2/c1-20-11(7-2-4-8(14)5-3-7)9(6-19)10(15)12(20)13(16,17)18/h2-5H,1H2. The second kappa shape index (κ2) is 5.04. The van der Waals surface area contributed by atoms with Crippen LogP contribution in [0, 0.1) is 18.4 Å². The Balaban J connectivity index is 2.78. The molecule has 0 bridgehead atoms. The molecule has 0 aliphatic carbocycles. The van der Waals surface area contributed by atoms with Gasteiger partial charge in [0.05, 0.1) is 16.3 Å². The summed E-state index contributed by atoms with van der Waals surface area (Å²) in [5, 5.41) is 8.82. The first-order valence-electron chi connectivity index (χ1n) is 5.25. The predicted octanol–water partition coefficient (Wildman–Crippen LogP) is 4.99. The van der Waals surface area contributed by atoms with Gasteiger partial charge >= 0.3 is 6.18 Å². The summed E-state index contributed by atoms with van der Waals surface area (Å²) in [4.78, 5) is 0. The molecular formula is C13H6Cl2F3N2. The molecule has 1 heterocycles. The van der Waals surface area contributed by atoms with Gasteiger partial charge in [-0.25, -0.2) is 0 Å². The number of halogens is 5. The Labute approximate surface area is 122 Å². The van der Waals surface area contributed by atoms with Crippen molar-refractivity contribution in [1.82, 2.24) is 4.57 Å². The van der Waals surface area contributed by atoms with Crippen LogP contribution in [-0.4, -0.2) is 4.57 Å². The van der Waals surface area contributed by atoms with E-state index in [-0.39, 0.29) is 11.3 Å². The lowest BCUT2D eigenvalue weighted by Crippen LogP contribution is -2.11. The van der Waals surface area contributed by atoms with Gasteiger partial charge < -0.3 is 4.57 Å². The van der Waals surface area contributed by atoms with Crippen LogP contribution in [0.25, 0.3) is 11.3 Å². The maximum Gasteiger partial charge on any atom is 0.432 e. The van der Waals surface area contributed by atoms with E-state index in [9.17, 15) is 13.2 Å². The highest BCUT2D eigenvalue weighted by Crippen LogP contribution is 2.42. The van der Waals surface area contributed by atoms with Gasteiger partial charge in [-0.2, -0.15) is 18.4 Å². The highest BCUT2D eigenvalue weighted by atomic mass is 35.5. The van der Waals surface area contributed by atoms with Crippen LogP contribution in [0.15, 0.2) is 24.3 Å². The minimum Gasteiger partial charge on any atom is -0.333 e. The quantitative estimate of drug-likeness (QED) is 0.728. The van der Waals surface area contributed by atoms with E-state index in [2.05, 4.69) is 7.05 Å². The lowest BCUT2D eigenvalue weighted by atomic mass is 10.1. The summed E-state index contributed by atoms with van der Waals surface area (Å²) in [7, 11) is 3.34. The smallest absolute Gasteiger partial charge is 0.333 e. The predicted molar refractivity (Wildman–Crippen MR) is 70.4 cm³/mol. The zero-order chi connectivity index (χ0) is 15.1. The van der Waals surface area contributed by atoms with Gasteiger partial charge in [0.1, 0.15) is 11.8 Å². The normalized spacial score (nSPS) is 11.4. The largest absolute Gasteiger partial charge is 0.432 e. The van der Waals surface area contributed by atoms with E-state index in [0.29, 0.717) is 15.2 Å². The molecule has 2 aromatic rings. The molecule has 20 heavy (non-hydrogen) atoms. The van der Waals surface area contributed by atoms with Gasteiger partial charge in [-0.3, -0.25) is 0 Å². The third-order valence-corrected chi connectivity index (χ3v) is 3.32. The van der Waals surface area contributed by atoms with E-state index < -0.39 is 16.9 Å². The Kier molecular flexibility index (Phi) is 3.72. The zero-order valence-corrected chi connectivity index (χ0v) is 11.3. The molecule has 0 fully saturated rings. The maximum absolute atomic E-state index is 12.9. The molecule has 1 aromatic heterocycles. The van der Waals surface area contributed by atoms with Crippen molar-refractivity contribution < 1.29 is 13.2 Å². The molecular weight excluding hydrogens is 312 g/mol. The molecule has 1 aromatic carbocycles. The van der Waals surface area contributed by atoms with Crippen molar-refractivity contribution >= 4 is 23.2 Å². The second-order valence-electron chi connectivity index (χ2n) is 3.93. The Morgan fingerprint density at radius 3 is 2.15 bits per heavy atom. The number of rotatable bonds is 1. The first kappa shape index (κ1) is 14.8. The Morgan fingerprint density at radius 1 is 1.15 bits per heavy atom. The molecule has 0 saturated heterocycles. The van der Waals surface area contributed by atoms with Gasteiger partial charge in [0.15, 0.2) is 0 Å². The third kappa shape index (κ3) is 2.37. The lowest BCUT2D eigenvalue weighted by molar-refractivity contribution is -0.142. The van der Waals surface area contributed by atoms with E-state index in [0.717, 1.165) is 0 Å². The van der Waals surface area contributed by atoms with E-state index >= 15 is 0 Å². The molecule has 0 unspecified atom stereocenters. The molecule has 0 aliphatic heterocycles. The summed E-state index contributed by atoms with van der Waals surface area (Å²) in [6.07, 6.45) is -4.70. The summed E-state index contributed by atoms with van der Waals surface area (Å²) in [6, 6.07) is 7.69. The van der Waals surface area contributed by atoms with Crippen molar-refractivity contribution in [3.05, 3.63) is 52.6 Å². The number of nitrogens with zero attached hydrogens (tertiary/aromatic N) is 2. The van der Waals surface area contributed by atoms with Crippen LogP contribution in [0.4, 0.5) is 13.2 Å². The zero-order valence-electron chi connectivity index (χ0n) is 9.80. The summed E-state index contributed by atoms with van der Waals surface area (Å²) in [5.41, 5.74) is -1.04. The van der Waals surface area contributed by atoms with E-state index in [1.807, 2.05) is 0 Å². The first-order valence-corrected chi connectivity index (χ1v) is 6.01. The Bertz CT molecular complexity index is 694. The van der Waals surface area contributed by atoms with Crippen LogP contribution in [0.1, 0.15) is 11.3 Å². The van der Waals surface area contributed by atoms with Crippen LogP contribution in [0.5, 0.6) is 0 Å². The second-order valence-corrected chi connectivity index (χ2v) is 4.75. The topological polar surface area (TPSA) is 28.7 Å². The number of alkyl halides is 3. The van der Waals surface area contributed by atoms with Crippen molar-refractivity contribution in [2.75, 3.05) is 0 Å². The summed E-state index contributed by atoms with van der Waals surface area (Å²) in [5.74, 6) is 0. The molecule has 7 heteroatoms. The van der Waals surface area contributed by atoms with Crippen molar-refractivity contribution in [1.29, 1.82) is 5.26 Å². The maximum atomic E-state index is 12.9. The number of hydrogen-bond donors (Lipinski definition) is 0. The molecule has 0 aliphatic rings. The van der Waals surface area contributed by atoms with Crippen LogP contribution >= 0.6 is 23.2 Å². The number of benzene rings is 1. The van der Waals surface area contributed by atoms with Gasteiger partial charge in [-0.05, 0) is 17.7 Å². The van der Waals surface area contributed by atoms with E-state index in [1.165, 1.54) is 24.3 Å². The minimum atomic E-state index is -4.70. The van der Waals surface area contributed by atoms with Crippen LogP contribution in [-0.2, 0) is 6.18 Å². The van der Waals surface area contributed by atoms with Gasteiger partial charge in [0.2, 0.25) is 0 Å². The average molecular weight is 318 g/mol. The monoisotopic (exact) mass is 317 g/mol. The molecule has 0 saturated carbocycles. The first-order chi connectivity index (χ1) is 9.27. The highest BCUT2D eigenvalue weighted by Gasteiger charge is 2.40. The molecule has 0 N–H and O–H groups in total. The van der Waals surface area contributed by atoms with Crippen LogP contribution in [0.3, 0.4) is 0 Å². The molecule has 0 spiro atoms. The van der Waals surface area contributed by atoms with Gasteiger partial charge in [-0.1, -0.05) is 35.3 Å². The summed E-state index contributed by atoms with van der Waals surface area (Å²) >= 11 is 11.4. The van der Waals surface area contributed by atoms with Crippen molar-refractivity contribution in [2.45, 2.75) is 6.18 Å². The van der Waals surface area contributed by atoms with Gasteiger partial charge in [0, 0.05) is 12.1 Å². The number of hydrogen-bond acceptors (Lipinski definition) is 1. The van der Waals surface area contributed by atoms with Crippen molar-refractivity contribution in [2.24, 2.45) is 0 Å². The van der Waals surface area contributed by atoms with E-state index in [1.54, 1.807) is 6.07 Å². The molecule has 0 atom stereocenters. The lowest BCUT2D eigenvalue weighted by Gasteiger charge is -2.10. The minimum absolute atomic E-state index is 0.00138.